The van der Waals surface area contributed by atoms with Gasteiger partial charge in [0, 0.05) is 0 Å². The second-order valence-electron chi connectivity index (χ2n) is 8.87. The molecule has 1 unspecified atom stereocenters. The lowest BCUT2D eigenvalue weighted by Gasteiger charge is -2.23. The average molecular weight is 409 g/mol. The normalized spacial score (nSPS) is 22.1. The molecular formula is C26H32O4. The molecule has 2 aliphatic carbocycles. The van der Waals surface area contributed by atoms with E-state index in [-0.39, 0.29) is 17.8 Å². The quantitative estimate of drug-likeness (QED) is 0.503. The van der Waals surface area contributed by atoms with Crippen molar-refractivity contribution in [1.29, 1.82) is 0 Å². The third kappa shape index (κ3) is 4.97. The van der Waals surface area contributed by atoms with Crippen molar-refractivity contribution in [3.05, 3.63) is 59.7 Å². The summed E-state index contributed by atoms with van der Waals surface area (Å²) in [5.74, 6) is 3.64. The molecule has 4 heteroatoms. The zero-order valence-electron chi connectivity index (χ0n) is 18.2. The number of hydrogen-bond acceptors (Lipinski definition) is 4. The van der Waals surface area contributed by atoms with Crippen LogP contribution in [0.4, 0.5) is 0 Å². The van der Waals surface area contributed by atoms with Crippen LogP contribution in [0.5, 0.6) is 11.5 Å². The largest absolute Gasteiger partial charge is 0.497 e. The molecule has 0 aliphatic heterocycles. The lowest BCUT2D eigenvalue weighted by Crippen LogP contribution is -2.22. The van der Waals surface area contributed by atoms with Crippen molar-refractivity contribution in [2.45, 2.75) is 38.5 Å². The first-order valence-electron chi connectivity index (χ1n) is 11.0. The van der Waals surface area contributed by atoms with Crippen LogP contribution in [0.1, 0.15) is 43.2 Å². The number of methoxy groups -OCH3 is 2. The number of hydrogen-bond donors (Lipinski definition) is 0. The van der Waals surface area contributed by atoms with Crippen LogP contribution in [-0.2, 0) is 16.0 Å². The van der Waals surface area contributed by atoms with Gasteiger partial charge in [-0.3, -0.25) is 4.79 Å². The zero-order valence-corrected chi connectivity index (χ0v) is 18.2. The van der Waals surface area contributed by atoms with Gasteiger partial charge in [-0.25, -0.2) is 0 Å². The molecule has 0 saturated heterocycles. The first-order chi connectivity index (χ1) is 14.6. The van der Waals surface area contributed by atoms with E-state index in [1.54, 1.807) is 7.11 Å². The summed E-state index contributed by atoms with van der Waals surface area (Å²) in [5.41, 5.74) is 2.52. The van der Waals surface area contributed by atoms with E-state index in [4.69, 9.17) is 14.2 Å². The molecule has 160 valence electrons. The van der Waals surface area contributed by atoms with Gasteiger partial charge in [-0.2, -0.15) is 0 Å². The summed E-state index contributed by atoms with van der Waals surface area (Å²) in [7, 11) is 3.18. The molecule has 2 fully saturated rings. The van der Waals surface area contributed by atoms with Crippen LogP contribution in [0.3, 0.4) is 0 Å². The van der Waals surface area contributed by atoms with Gasteiger partial charge < -0.3 is 14.2 Å². The fraction of sp³-hybridized carbons (Fsp3) is 0.500. The van der Waals surface area contributed by atoms with Gasteiger partial charge in [0.05, 0.1) is 26.7 Å². The molecule has 0 spiro atoms. The summed E-state index contributed by atoms with van der Waals surface area (Å²) in [5, 5.41) is 0. The third-order valence-corrected chi connectivity index (χ3v) is 6.65. The Kier molecular flexibility index (Phi) is 6.31. The van der Waals surface area contributed by atoms with Gasteiger partial charge in [-0.15, -0.1) is 0 Å². The Bertz CT molecular complexity index is 873. The van der Waals surface area contributed by atoms with E-state index < -0.39 is 0 Å². The number of carbonyl (C=O) groups excluding carboxylic acids is 1. The highest BCUT2D eigenvalue weighted by Gasteiger charge is 2.40. The smallest absolute Gasteiger partial charge is 0.309 e. The van der Waals surface area contributed by atoms with Crippen molar-refractivity contribution < 1.29 is 19.0 Å². The van der Waals surface area contributed by atoms with E-state index in [1.807, 2.05) is 25.1 Å². The van der Waals surface area contributed by atoms with Crippen LogP contribution in [0.25, 0.3) is 0 Å². The van der Waals surface area contributed by atoms with E-state index in [0.29, 0.717) is 17.8 Å². The second-order valence-corrected chi connectivity index (χ2v) is 8.87. The Morgan fingerprint density at radius 3 is 2.53 bits per heavy atom. The van der Waals surface area contributed by atoms with Crippen LogP contribution in [0.15, 0.2) is 48.5 Å². The summed E-state index contributed by atoms with van der Waals surface area (Å²) in [6.45, 7) is 2.73. The number of esters is 1. The molecule has 2 aliphatic rings. The highest BCUT2D eigenvalue weighted by Crippen LogP contribution is 2.47. The first-order valence-corrected chi connectivity index (χ1v) is 11.0. The molecule has 4 atom stereocenters. The van der Waals surface area contributed by atoms with E-state index >= 15 is 0 Å². The average Bonchev–Trinajstić information content (AvgIpc) is 3.70. The molecule has 30 heavy (non-hydrogen) atoms. The lowest BCUT2D eigenvalue weighted by atomic mass is 9.83. The Labute approximate surface area is 179 Å². The molecule has 0 amide bonds. The number of carbonyl (C=O) groups is 1. The molecule has 4 nitrogen and oxygen atoms in total. The summed E-state index contributed by atoms with van der Waals surface area (Å²) in [6, 6.07) is 16.7. The molecule has 0 N–H and O–H groups in total. The van der Waals surface area contributed by atoms with Gasteiger partial charge in [-0.05, 0) is 84.7 Å². The highest BCUT2D eigenvalue weighted by molar-refractivity contribution is 5.73. The minimum Gasteiger partial charge on any atom is -0.497 e. The van der Waals surface area contributed by atoms with Gasteiger partial charge >= 0.3 is 5.97 Å². The van der Waals surface area contributed by atoms with E-state index in [0.717, 1.165) is 24.5 Å². The molecule has 2 aromatic carbocycles. The van der Waals surface area contributed by atoms with E-state index in [1.165, 1.54) is 37.5 Å². The summed E-state index contributed by atoms with van der Waals surface area (Å²) in [4.78, 5) is 12.1. The van der Waals surface area contributed by atoms with Crippen LogP contribution >= 0.6 is 0 Å². The van der Waals surface area contributed by atoms with Crippen molar-refractivity contribution in [2.24, 2.45) is 23.7 Å². The van der Waals surface area contributed by atoms with Crippen LogP contribution in [0, 0.1) is 23.7 Å². The van der Waals surface area contributed by atoms with Crippen LogP contribution in [-0.4, -0.2) is 26.8 Å². The maximum atomic E-state index is 12.1. The maximum absolute atomic E-state index is 12.1. The summed E-state index contributed by atoms with van der Waals surface area (Å²) < 4.78 is 16.5. The predicted octanol–water partition coefficient (Wildman–Crippen LogP) is 5.26. The number of rotatable bonds is 10. The maximum Gasteiger partial charge on any atom is 0.309 e. The summed E-state index contributed by atoms with van der Waals surface area (Å²) >= 11 is 0. The Hall–Kier alpha value is -2.49. The van der Waals surface area contributed by atoms with Crippen molar-refractivity contribution >= 4 is 5.97 Å². The minimum atomic E-state index is -0.131. The van der Waals surface area contributed by atoms with E-state index in [9.17, 15) is 4.79 Å². The van der Waals surface area contributed by atoms with Crippen molar-refractivity contribution in [2.75, 3.05) is 20.8 Å². The van der Waals surface area contributed by atoms with Crippen molar-refractivity contribution in [1.82, 2.24) is 0 Å². The molecule has 2 aromatic rings. The second kappa shape index (κ2) is 9.11. The van der Waals surface area contributed by atoms with Gasteiger partial charge in [0.2, 0.25) is 0 Å². The molecule has 2 saturated carbocycles. The van der Waals surface area contributed by atoms with Gasteiger partial charge in [-0.1, -0.05) is 31.2 Å². The zero-order chi connectivity index (χ0) is 21.1. The molecular weight excluding hydrogens is 376 g/mol. The topological polar surface area (TPSA) is 44.8 Å². The lowest BCUT2D eigenvalue weighted by molar-refractivity contribution is -0.145. The number of ether oxygens (including phenoxy) is 3. The Morgan fingerprint density at radius 2 is 1.80 bits per heavy atom. The summed E-state index contributed by atoms with van der Waals surface area (Å²) in [6.07, 6.45) is 4.66. The third-order valence-electron chi connectivity index (χ3n) is 6.65. The SMILES string of the molecule is COC(=O)[C@@H](C)[C@H](c1cccc(OCC2C[C@@H]2Cc2cccc(OC)c2)c1)C1CC1. The van der Waals surface area contributed by atoms with Crippen molar-refractivity contribution in [3.63, 3.8) is 0 Å². The van der Waals surface area contributed by atoms with Crippen molar-refractivity contribution in [3.8, 4) is 11.5 Å². The monoisotopic (exact) mass is 408 g/mol. The predicted molar refractivity (Wildman–Crippen MR) is 117 cm³/mol. The first kappa shape index (κ1) is 20.8. The minimum absolute atomic E-state index is 0.128. The van der Waals surface area contributed by atoms with Gasteiger partial charge in [0.15, 0.2) is 0 Å². The fourth-order valence-corrected chi connectivity index (χ4v) is 4.64. The molecule has 0 bridgehead atoms. The van der Waals surface area contributed by atoms with E-state index in [2.05, 4.69) is 30.3 Å². The number of benzene rings is 2. The molecule has 0 heterocycles. The standard InChI is InChI=1S/C26H32O4/c1-17(26(27)29-3)25(19-10-11-19)20-7-5-9-24(15-20)30-16-22-14-21(22)12-18-6-4-8-23(13-18)28-2/h4-9,13,15,17,19,21-22,25H,10-12,14,16H2,1-3H3/t17-,21-,22?,25-/m0/s1. The van der Waals surface area contributed by atoms with Gasteiger partial charge in [0.25, 0.3) is 0 Å². The Morgan fingerprint density at radius 1 is 1.03 bits per heavy atom. The fourth-order valence-electron chi connectivity index (χ4n) is 4.64. The Balaban J connectivity index is 1.33. The molecule has 0 aromatic heterocycles. The highest BCUT2D eigenvalue weighted by atomic mass is 16.5. The molecule has 4 rings (SSSR count). The van der Waals surface area contributed by atoms with Gasteiger partial charge in [0.1, 0.15) is 11.5 Å². The molecule has 0 radical (unpaired) electrons. The van der Waals surface area contributed by atoms with Crippen LogP contribution in [0.2, 0.25) is 0 Å². The van der Waals surface area contributed by atoms with Crippen LogP contribution < -0.4 is 9.47 Å².